The van der Waals surface area contributed by atoms with Crippen molar-refractivity contribution in [3.63, 3.8) is 0 Å². The van der Waals surface area contributed by atoms with Crippen LogP contribution in [-0.2, 0) is 4.57 Å². The number of hydrogen-bond acceptors (Lipinski definition) is 2. The Bertz CT molecular complexity index is 1070. The van der Waals surface area contributed by atoms with Gasteiger partial charge < -0.3 is 5.09 Å². The molecule has 0 bridgehead atoms. The van der Waals surface area contributed by atoms with Crippen LogP contribution in [0.15, 0.2) is 84.4 Å². The highest BCUT2D eigenvalue weighted by molar-refractivity contribution is 8.17. The fourth-order valence-corrected chi connectivity index (χ4v) is 7.63. The molecule has 29 heavy (non-hydrogen) atoms. The molecule has 1 aliphatic rings. The molecule has 0 radical (unpaired) electrons. The van der Waals surface area contributed by atoms with Crippen LogP contribution in [0.1, 0.15) is 27.8 Å². The van der Waals surface area contributed by atoms with Crippen molar-refractivity contribution in [2.75, 3.05) is 5.09 Å². The number of rotatable bonds is 4. The van der Waals surface area contributed by atoms with Crippen LogP contribution in [-0.4, -0.2) is 0 Å². The van der Waals surface area contributed by atoms with Crippen LogP contribution < -0.4 is 5.09 Å². The van der Waals surface area contributed by atoms with E-state index in [1.807, 2.05) is 48.0 Å². The molecule has 0 unspecified atom stereocenters. The Balaban J connectivity index is 1.81. The molecule has 3 aromatic carbocycles. The highest BCUT2D eigenvalue weighted by atomic mass is 32.2. The Labute approximate surface area is 177 Å². The van der Waals surface area contributed by atoms with Crippen molar-refractivity contribution in [3.05, 3.63) is 112 Å². The zero-order chi connectivity index (χ0) is 20.4. The summed E-state index contributed by atoms with van der Waals surface area (Å²) in [5, 5.41) is 3.41. The average molecular weight is 418 g/mol. The van der Waals surface area contributed by atoms with Crippen LogP contribution in [0.3, 0.4) is 0 Å². The van der Waals surface area contributed by atoms with Gasteiger partial charge in [0.2, 0.25) is 7.29 Å². The predicted molar refractivity (Wildman–Crippen MR) is 128 cm³/mol. The quantitative estimate of drug-likeness (QED) is 0.435. The summed E-state index contributed by atoms with van der Waals surface area (Å²) < 4.78 is 14.1. The van der Waals surface area contributed by atoms with Gasteiger partial charge in [-0.1, -0.05) is 90.1 Å². The van der Waals surface area contributed by atoms with Gasteiger partial charge in [0.1, 0.15) is 0 Å². The SMILES string of the molecule is Cc1cc(C)c(NP2(=O)C=C(c3ccccc3)SC(c3ccccc3)=C2)c(C)c1. The zero-order valence-electron chi connectivity index (χ0n) is 16.8. The molecule has 146 valence electrons. The maximum absolute atomic E-state index is 14.1. The minimum Gasteiger partial charge on any atom is -0.330 e. The fraction of sp³-hybridized carbons (Fsp3) is 0.120. The topological polar surface area (TPSA) is 29.1 Å². The number of anilines is 1. The highest BCUT2D eigenvalue weighted by Crippen LogP contribution is 2.61. The normalized spacial score (nSPS) is 15.4. The number of benzene rings is 3. The molecule has 2 nitrogen and oxygen atoms in total. The van der Waals surface area contributed by atoms with E-state index in [1.54, 1.807) is 11.8 Å². The van der Waals surface area contributed by atoms with E-state index in [9.17, 15) is 4.57 Å². The molecule has 4 rings (SSSR count). The Hall–Kier alpha value is -2.48. The average Bonchev–Trinajstić information content (AvgIpc) is 2.72. The Morgan fingerprint density at radius 2 is 1.17 bits per heavy atom. The first-order valence-corrected chi connectivity index (χ1v) is 12.3. The van der Waals surface area contributed by atoms with Crippen molar-refractivity contribution in [3.8, 4) is 0 Å². The van der Waals surface area contributed by atoms with Gasteiger partial charge in [-0.25, -0.2) is 0 Å². The molecule has 1 heterocycles. The lowest BCUT2D eigenvalue weighted by molar-refractivity contribution is 0.589. The first-order valence-electron chi connectivity index (χ1n) is 9.63. The van der Waals surface area contributed by atoms with Gasteiger partial charge in [-0.15, -0.1) is 0 Å². The van der Waals surface area contributed by atoms with E-state index in [-0.39, 0.29) is 0 Å². The number of nitrogens with one attached hydrogen (secondary N) is 1. The molecule has 0 spiro atoms. The van der Waals surface area contributed by atoms with Crippen LogP contribution in [0, 0.1) is 20.8 Å². The van der Waals surface area contributed by atoms with Gasteiger partial charge in [-0.3, -0.25) is 4.57 Å². The van der Waals surface area contributed by atoms with E-state index in [0.717, 1.165) is 37.8 Å². The third-order valence-corrected chi connectivity index (χ3v) is 8.27. The van der Waals surface area contributed by atoms with E-state index in [0.29, 0.717) is 0 Å². The number of hydrogen-bond donors (Lipinski definition) is 1. The van der Waals surface area contributed by atoms with Crippen molar-refractivity contribution >= 4 is 34.6 Å². The number of thioether (sulfide) groups is 1. The minimum atomic E-state index is -2.94. The smallest absolute Gasteiger partial charge is 0.215 e. The number of aryl methyl sites for hydroxylation is 3. The van der Waals surface area contributed by atoms with Gasteiger partial charge in [0.15, 0.2) is 0 Å². The second kappa shape index (κ2) is 8.10. The minimum absolute atomic E-state index is 0.957. The first kappa shape index (κ1) is 19.8. The second-order valence-electron chi connectivity index (χ2n) is 7.42. The molecule has 0 saturated heterocycles. The summed E-state index contributed by atoms with van der Waals surface area (Å²) >= 11 is 1.67. The van der Waals surface area contributed by atoms with Gasteiger partial charge in [0.25, 0.3) is 0 Å². The summed E-state index contributed by atoms with van der Waals surface area (Å²) in [6.45, 7) is 6.22. The van der Waals surface area contributed by atoms with Crippen molar-refractivity contribution in [2.24, 2.45) is 0 Å². The van der Waals surface area contributed by atoms with E-state index in [1.165, 1.54) is 5.56 Å². The summed E-state index contributed by atoms with van der Waals surface area (Å²) in [6, 6.07) is 24.6. The lowest BCUT2D eigenvalue weighted by Gasteiger charge is -2.25. The molecule has 3 aromatic rings. The van der Waals surface area contributed by atoms with E-state index in [2.05, 4.69) is 62.3 Å². The van der Waals surface area contributed by atoms with Crippen molar-refractivity contribution in [1.29, 1.82) is 0 Å². The second-order valence-corrected chi connectivity index (χ2v) is 10.7. The molecule has 0 aliphatic carbocycles. The molecule has 0 atom stereocenters. The van der Waals surface area contributed by atoms with Crippen molar-refractivity contribution < 1.29 is 4.57 Å². The fourth-order valence-electron chi connectivity index (χ4n) is 3.62. The Morgan fingerprint density at radius 3 is 1.62 bits per heavy atom. The molecule has 4 heteroatoms. The van der Waals surface area contributed by atoms with Crippen LogP contribution in [0.4, 0.5) is 5.69 Å². The van der Waals surface area contributed by atoms with Gasteiger partial charge >= 0.3 is 0 Å². The first-order chi connectivity index (χ1) is 13.9. The third-order valence-electron chi connectivity index (χ3n) is 4.92. The highest BCUT2D eigenvalue weighted by Gasteiger charge is 2.27. The monoisotopic (exact) mass is 417 g/mol. The van der Waals surface area contributed by atoms with Gasteiger partial charge in [0, 0.05) is 27.1 Å². The van der Waals surface area contributed by atoms with Crippen LogP contribution in [0.25, 0.3) is 9.81 Å². The molecule has 0 aromatic heterocycles. The summed E-state index contributed by atoms with van der Waals surface area (Å²) in [5.74, 6) is 3.83. The summed E-state index contributed by atoms with van der Waals surface area (Å²) in [6.07, 6.45) is 0. The molecule has 0 fully saturated rings. The van der Waals surface area contributed by atoms with Crippen LogP contribution in [0.2, 0.25) is 0 Å². The van der Waals surface area contributed by atoms with Gasteiger partial charge in [-0.05, 0) is 43.0 Å². The van der Waals surface area contributed by atoms with Crippen LogP contribution in [0.5, 0.6) is 0 Å². The van der Waals surface area contributed by atoms with E-state index < -0.39 is 7.29 Å². The van der Waals surface area contributed by atoms with Crippen molar-refractivity contribution in [1.82, 2.24) is 0 Å². The Morgan fingerprint density at radius 1 is 0.724 bits per heavy atom. The maximum atomic E-state index is 14.1. The Kier molecular flexibility index (Phi) is 5.54. The molecule has 0 saturated carbocycles. The summed E-state index contributed by atoms with van der Waals surface area (Å²) in [4.78, 5) is 2.04. The largest absolute Gasteiger partial charge is 0.330 e. The van der Waals surface area contributed by atoms with E-state index in [4.69, 9.17) is 0 Å². The molecule has 1 aliphatic heterocycles. The standard InChI is InChI=1S/C25H24NOPS/c1-18-14-19(2)25(20(3)15-18)26-28(27)16-23(21-10-6-4-7-11-21)29-24(17-28)22-12-8-5-9-13-22/h4-17H,1-3H3,(H,26,27). The molecular formula is C25H24NOPS. The van der Waals surface area contributed by atoms with Gasteiger partial charge in [-0.2, -0.15) is 0 Å². The summed E-state index contributed by atoms with van der Waals surface area (Å²) in [7, 11) is -2.94. The van der Waals surface area contributed by atoms with E-state index >= 15 is 0 Å². The maximum Gasteiger partial charge on any atom is 0.215 e. The molecule has 1 N–H and O–H groups in total. The zero-order valence-corrected chi connectivity index (χ0v) is 18.6. The lowest BCUT2D eigenvalue weighted by Crippen LogP contribution is -2.01. The molecule has 0 amide bonds. The van der Waals surface area contributed by atoms with Gasteiger partial charge in [0.05, 0.1) is 0 Å². The lowest BCUT2D eigenvalue weighted by atomic mass is 10.1. The van der Waals surface area contributed by atoms with Crippen LogP contribution >= 0.6 is 19.1 Å². The predicted octanol–water partition coefficient (Wildman–Crippen LogP) is 8.05. The molecular weight excluding hydrogens is 393 g/mol. The third kappa shape index (κ3) is 4.42. The van der Waals surface area contributed by atoms with Crippen molar-refractivity contribution in [2.45, 2.75) is 20.8 Å². The summed E-state index contributed by atoms with van der Waals surface area (Å²) in [5.41, 5.74) is 6.56.